The fourth-order valence-electron chi connectivity index (χ4n) is 3.09. The van der Waals surface area contributed by atoms with E-state index in [1.54, 1.807) is 24.5 Å². The number of nitro benzene ring substituents is 1. The van der Waals surface area contributed by atoms with E-state index in [9.17, 15) is 14.9 Å². The second kappa shape index (κ2) is 6.80. The van der Waals surface area contributed by atoms with Crippen molar-refractivity contribution in [2.75, 3.05) is 0 Å². The first-order valence-electron chi connectivity index (χ1n) is 8.27. The quantitative estimate of drug-likeness (QED) is 0.444. The maximum Gasteiger partial charge on any atom is 0.270 e. The van der Waals surface area contributed by atoms with E-state index in [0.717, 1.165) is 22.0 Å². The average Bonchev–Trinajstić information content (AvgIpc) is 2.69. The largest absolute Gasteiger partial charge is 0.270 e. The van der Waals surface area contributed by atoms with Crippen LogP contribution in [0.15, 0.2) is 71.8 Å². The van der Waals surface area contributed by atoms with Crippen molar-refractivity contribution in [3.8, 4) is 11.1 Å². The molecule has 0 saturated carbocycles. The minimum absolute atomic E-state index is 0.0209. The molecular weight excluding hydrogens is 344 g/mol. The molecule has 1 N–H and O–H groups in total. The van der Waals surface area contributed by atoms with E-state index in [2.05, 4.69) is 15.2 Å². The van der Waals surface area contributed by atoms with Crippen molar-refractivity contribution in [3.05, 3.63) is 98.6 Å². The Labute approximate surface area is 153 Å². The van der Waals surface area contributed by atoms with Gasteiger partial charge in [0, 0.05) is 47.5 Å². The van der Waals surface area contributed by atoms with Gasteiger partial charge >= 0.3 is 0 Å². The Morgan fingerprint density at radius 3 is 2.74 bits per heavy atom. The molecule has 132 valence electrons. The summed E-state index contributed by atoms with van der Waals surface area (Å²) in [6, 6.07) is 15.8. The molecule has 0 amide bonds. The number of H-pyrrole nitrogens is 1. The zero-order valence-corrected chi connectivity index (χ0v) is 14.1. The van der Waals surface area contributed by atoms with Gasteiger partial charge in [-0.25, -0.2) is 5.10 Å². The summed E-state index contributed by atoms with van der Waals surface area (Å²) in [6.07, 6.45) is 3.65. The molecule has 0 aliphatic rings. The minimum atomic E-state index is -0.417. The summed E-state index contributed by atoms with van der Waals surface area (Å²) in [4.78, 5) is 27.1. The van der Waals surface area contributed by atoms with Crippen molar-refractivity contribution in [2.24, 2.45) is 0 Å². The SMILES string of the molecule is O=c1[nH]nccc1Cc1cc(-c2cccc([N+](=O)[O-])c2)c2ncccc2c1. The summed E-state index contributed by atoms with van der Waals surface area (Å²) >= 11 is 0. The van der Waals surface area contributed by atoms with Gasteiger partial charge in [0.15, 0.2) is 0 Å². The predicted molar refractivity (Wildman–Crippen MR) is 101 cm³/mol. The number of aromatic nitrogens is 3. The number of non-ortho nitro benzene ring substituents is 1. The van der Waals surface area contributed by atoms with Crippen LogP contribution in [0.2, 0.25) is 0 Å². The van der Waals surface area contributed by atoms with Gasteiger partial charge in [-0.05, 0) is 35.4 Å². The van der Waals surface area contributed by atoms with Crippen LogP contribution in [0.5, 0.6) is 0 Å². The molecular formula is C20H14N4O3. The van der Waals surface area contributed by atoms with E-state index in [4.69, 9.17) is 0 Å². The molecule has 0 aliphatic carbocycles. The lowest BCUT2D eigenvalue weighted by atomic mass is 9.96. The average molecular weight is 358 g/mol. The second-order valence-electron chi connectivity index (χ2n) is 6.11. The van der Waals surface area contributed by atoms with Gasteiger partial charge in [-0.15, -0.1) is 0 Å². The Kier molecular flexibility index (Phi) is 4.18. The van der Waals surface area contributed by atoms with Crippen LogP contribution in [-0.4, -0.2) is 20.1 Å². The molecule has 2 heterocycles. The highest BCUT2D eigenvalue weighted by atomic mass is 16.6. The molecule has 4 rings (SSSR count). The van der Waals surface area contributed by atoms with E-state index in [1.807, 2.05) is 30.3 Å². The zero-order chi connectivity index (χ0) is 18.8. The molecule has 2 aromatic carbocycles. The van der Waals surface area contributed by atoms with Crippen molar-refractivity contribution in [2.45, 2.75) is 6.42 Å². The van der Waals surface area contributed by atoms with Crippen molar-refractivity contribution in [1.29, 1.82) is 0 Å². The molecule has 2 aromatic heterocycles. The van der Waals surface area contributed by atoms with E-state index < -0.39 is 4.92 Å². The van der Waals surface area contributed by atoms with Gasteiger partial charge < -0.3 is 0 Å². The number of aromatic amines is 1. The Morgan fingerprint density at radius 2 is 1.93 bits per heavy atom. The van der Waals surface area contributed by atoms with Crippen LogP contribution in [-0.2, 0) is 6.42 Å². The Balaban J connectivity index is 1.89. The first kappa shape index (κ1) is 16.6. The van der Waals surface area contributed by atoms with Gasteiger partial charge in [0.2, 0.25) is 0 Å². The number of pyridine rings is 1. The topological polar surface area (TPSA) is 102 Å². The monoisotopic (exact) mass is 358 g/mol. The summed E-state index contributed by atoms with van der Waals surface area (Å²) < 4.78 is 0. The van der Waals surface area contributed by atoms with E-state index in [0.29, 0.717) is 17.5 Å². The van der Waals surface area contributed by atoms with Gasteiger partial charge in [-0.2, -0.15) is 5.10 Å². The number of nitro groups is 1. The molecule has 4 aromatic rings. The summed E-state index contributed by atoms with van der Waals surface area (Å²) in [7, 11) is 0. The molecule has 7 heteroatoms. The summed E-state index contributed by atoms with van der Waals surface area (Å²) in [5, 5.41) is 18.2. The fraction of sp³-hybridized carbons (Fsp3) is 0.0500. The molecule has 7 nitrogen and oxygen atoms in total. The van der Waals surface area contributed by atoms with Crippen molar-refractivity contribution < 1.29 is 4.92 Å². The standard InChI is InChI=1S/C20H14N4O3/c25-20-16(6-8-22-23-20)10-13-9-15-4-2-7-21-19(15)18(11-13)14-3-1-5-17(12-14)24(26)27/h1-9,11-12H,10H2,(H,23,25). The van der Waals surface area contributed by atoms with Gasteiger partial charge in [-0.1, -0.05) is 18.2 Å². The van der Waals surface area contributed by atoms with Crippen LogP contribution in [0.25, 0.3) is 22.0 Å². The molecule has 0 unspecified atom stereocenters. The number of hydrogen-bond donors (Lipinski definition) is 1. The fourth-order valence-corrected chi connectivity index (χ4v) is 3.09. The highest BCUT2D eigenvalue weighted by Crippen LogP contribution is 2.31. The van der Waals surface area contributed by atoms with E-state index in [1.165, 1.54) is 12.1 Å². The molecule has 27 heavy (non-hydrogen) atoms. The Morgan fingerprint density at radius 1 is 1.04 bits per heavy atom. The van der Waals surface area contributed by atoms with Crippen molar-refractivity contribution >= 4 is 16.6 Å². The lowest BCUT2D eigenvalue weighted by Crippen LogP contribution is -2.13. The number of nitrogens with one attached hydrogen (secondary N) is 1. The summed E-state index contributed by atoms with van der Waals surface area (Å²) in [5.74, 6) is 0. The third-order valence-corrected chi connectivity index (χ3v) is 4.34. The third-order valence-electron chi connectivity index (χ3n) is 4.34. The smallest absolute Gasteiger partial charge is 0.268 e. The maximum absolute atomic E-state index is 12.0. The highest BCUT2D eigenvalue weighted by Gasteiger charge is 2.12. The number of rotatable bonds is 4. The highest BCUT2D eigenvalue weighted by molar-refractivity contribution is 5.94. The zero-order valence-electron chi connectivity index (χ0n) is 14.1. The van der Waals surface area contributed by atoms with E-state index >= 15 is 0 Å². The molecule has 0 fully saturated rings. The lowest BCUT2D eigenvalue weighted by Gasteiger charge is -2.10. The number of fused-ring (bicyclic) bond motifs is 1. The summed E-state index contributed by atoms with van der Waals surface area (Å²) in [5.41, 5.74) is 3.54. The lowest BCUT2D eigenvalue weighted by molar-refractivity contribution is -0.384. The van der Waals surface area contributed by atoms with Gasteiger partial charge in [0.25, 0.3) is 11.2 Å². The molecule has 0 saturated heterocycles. The molecule has 0 atom stereocenters. The minimum Gasteiger partial charge on any atom is -0.268 e. The molecule has 0 spiro atoms. The number of benzene rings is 2. The predicted octanol–water partition coefficient (Wildman–Crippen LogP) is 3.48. The normalized spacial score (nSPS) is 10.8. The van der Waals surface area contributed by atoms with Crippen LogP contribution >= 0.6 is 0 Å². The van der Waals surface area contributed by atoms with Crippen LogP contribution in [0.3, 0.4) is 0 Å². The third kappa shape index (κ3) is 3.30. The molecule has 0 aliphatic heterocycles. The van der Waals surface area contributed by atoms with Gasteiger partial charge in [-0.3, -0.25) is 19.9 Å². The van der Waals surface area contributed by atoms with Crippen molar-refractivity contribution in [3.63, 3.8) is 0 Å². The molecule has 0 bridgehead atoms. The van der Waals surface area contributed by atoms with Gasteiger partial charge in [0.05, 0.1) is 10.4 Å². The number of hydrogen-bond acceptors (Lipinski definition) is 5. The van der Waals surface area contributed by atoms with Gasteiger partial charge in [0.1, 0.15) is 0 Å². The van der Waals surface area contributed by atoms with Crippen LogP contribution < -0.4 is 5.56 Å². The van der Waals surface area contributed by atoms with E-state index in [-0.39, 0.29) is 11.2 Å². The Bertz CT molecular complexity index is 1220. The number of nitrogens with zero attached hydrogens (tertiary/aromatic N) is 3. The van der Waals surface area contributed by atoms with Crippen molar-refractivity contribution in [1.82, 2.24) is 15.2 Å². The van der Waals surface area contributed by atoms with Crippen LogP contribution in [0.1, 0.15) is 11.1 Å². The Hall–Kier alpha value is -3.87. The van der Waals surface area contributed by atoms with Crippen LogP contribution in [0.4, 0.5) is 5.69 Å². The first-order chi connectivity index (χ1) is 13.1. The van der Waals surface area contributed by atoms with Crippen LogP contribution in [0, 0.1) is 10.1 Å². The maximum atomic E-state index is 12.0. The second-order valence-corrected chi connectivity index (χ2v) is 6.11. The first-order valence-corrected chi connectivity index (χ1v) is 8.27. The summed E-state index contributed by atoms with van der Waals surface area (Å²) in [6.45, 7) is 0. The molecule has 0 radical (unpaired) electrons.